The molecule has 0 unspecified atom stereocenters. The van der Waals surface area contributed by atoms with Gasteiger partial charge in [-0.05, 0) is 73.7 Å². The van der Waals surface area contributed by atoms with Gasteiger partial charge in [0.15, 0.2) is 0 Å². The molecule has 2 aliphatic rings. The molecule has 6 N–H and O–H groups in total. The van der Waals surface area contributed by atoms with E-state index in [9.17, 15) is 42.3 Å². The largest absolute Gasteiger partial charge is 0.545 e. The van der Waals surface area contributed by atoms with Gasteiger partial charge in [0.05, 0.1) is 16.9 Å². The molecule has 3 aromatic carbocycles. The normalized spacial score (nSPS) is 12.2. The molecule has 1 amide bonds. The van der Waals surface area contributed by atoms with Crippen molar-refractivity contribution in [3.63, 3.8) is 0 Å². The summed E-state index contributed by atoms with van der Waals surface area (Å²) in [4.78, 5) is 69.9. The number of unbranched alkanes of at least 4 members (excludes halogenated alkanes) is 16. The second-order valence-electron chi connectivity index (χ2n) is 19.1. The number of aromatic carboxylic acids is 1. The number of hydrogen-bond donors (Lipinski definition) is 6. The summed E-state index contributed by atoms with van der Waals surface area (Å²) >= 11 is 0. The zero-order valence-electron chi connectivity index (χ0n) is 42.1. The van der Waals surface area contributed by atoms with Gasteiger partial charge in [0.1, 0.15) is 25.4 Å². The summed E-state index contributed by atoms with van der Waals surface area (Å²) in [5, 5.41) is 17.3. The lowest BCUT2D eigenvalue weighted by molar-refractivity contribution is -0.254. The van der Waals surface area contributed by atoms with Crippen LogP contribution in [0.5, 0.6) is 0 Å². The molecular formula is C53H76N4O11SSi2. The van der Waals surface area contributed by atoms with E-state index in [0.29, 0.717) is 48.4 Å². The summed E-state index contributed by atoms with van der Waals surface area (Å²) in [5.74, 6) is -1.14. The Morgan fingerprint density at radius 2 is 1.20 bits per heavy atom. The molecule has 15 nitrogen and oxygen atoms in total. The molecule has 0 radical (unpaired) electrons. The highest BCUT2D eigenvalue weighted by atomic mass is 32.2. The highest BCUT2D eigenvalue weighted by Gasteiger charge is 2.44. The van der Waals surface area contributed by atoms with Crippen molar-refractivity contribution in [1.82, 2.24) is 14.6 Å². The number of carboxylic acid groups (broad SMARTS) is 1. The predicted octanol–water partition coefficient (Wildman–Crippen LogP) is 7.26. The van der Waals surface area contributed by atoms with E-state index in [1.807, 2.05) is 74.1 Å². The molecule has 18 heteroatoms. The first-order valence-corrected chi connectivity index (χ1v) is 30.8. The van der Waals surface area contributed by atoms with E-state index < -0.39 is 33.6 Å². The topological polar surface area (TPSA) is 225 Å². The number of fused-ring (bicyclic) bond motifs is 2. The predicted molar refractivity (Wildman–Crippen MR) is 282 cm³/mol. The number of carbonyl (C=O) groups excluding carboxylic acids is 2. The Morgan fingerprint density at radius 1 is 0.662 bits per heavy atom. The Balaban J connectivity index is 0.913. The summed E-state index contributed by atoms with van der Waals surface area (Å²) in [6.45, 7) is 0.870. The zero-order chi connectivity index (χ0) is 51.4. The fourth-order valence-electron chi connectivity index (χ4n) is 8.78. The molecule has 5 rings (SSSR count). The second-order valence-corrected chi connectivity index (χ2v) is 25.6. The van der Waals surface area contributed by atoms with Crippen LogP contribution in [-0.2, 0) is 14.1 Å². The van der Waals surface area contributed by atoms with Gasteiger partial charge in [0.25, 0.3) is 5.91 Å². The van der Waals surface area contributed by atoms with Crippen molar-refractivity contribution in [2.75, 3.05) is 46.2 Å². The van der Waals surface area contributed by atoms with Crippen LogP contribution in [0, 0.1) is 0 Å². The number of sulfonamides is 1. The van der Waals surface area contributed by atoms with Crippen molar-refractivity contribution in [2.24, 2.45) is 0 Å². The fraction of sp³-hybridized carbons (Fsp3) is 0.491. The number of nitrogens with zero attached hydrogens (tertiary/aromatic N) is 2. The minimum absolute atomic E-state index is 0.0279. The van der Waals surface area contributed by atoms with Gasteiger partial charge in [0, 0.05) is 84.7 Å². The molecule has 3 aromatic rings. The van der Waals surface area contributed by atoms with E-state index in [1.54, 1.807) is 42.5 Å². The van der Waals surface area contributed by atoms with Gasteiger partial charge in [-0.1, -0.05) is 114 Å². The average molecular weight is 1030 g/mol. The Hall–Kier alpha value is -4.77. The highest BCUT2D eigenvalue weighted by Crippen LogP contribution is 2.42. The number of hydrogen-bond acceptors (Lipinski definition) is 12. The van der Waals surface area contributed by atoms with Gasteiger partial charge in [-0.2, -0.15) is 0 Å². The van der Waals surface area contributed by atoms with E-state index in [-0.39, 0.29) is 34.0 Å². The quantitative estimate of drug-likeness (QED) is 0.0108. The van der Waals surface area contributed by atoms with Crippen molar-refractivity contribution in [2.45, 2.75) is 133 Å². The average Bonchev–Trinajstić information content (AvgIpc) is 3.33. The first-order chi connectivity index (χ1) is 33.9. The first kappa shape index (κ1) is 57.1. The van der Waals surface area contributed by atoms with Gasteiger partial charge in [0.2, 0.25) is 15.4 Å². The van der Waals surface area contributed by atoms with Gasteiger partial charge in [-0.25, -0.2) is 17.7 Å². The smallest absolute Gasteiger partial charge is 0.488 e. The summed E-state index contributed by atoms with van der Waals surface area (Å²) in [6, 6.07) is 24.7. The lowest BCUT2D eigenvalue weighted by Crippen LogP contribution is -2.52. The van der Waals surface area contributed by atoms with E-state index >= 15 is 0 Å². The van der Waals surface area contributed by atoms with Crippen molar-refractivity contribution >= 4 is 56.2 Å². The summed E-state index contributed by atoms with van der Waals surface area (Å²) < 4.78 is 40.7. The third-order valence-electron chi connectivity index (χ3n) is 12.8. The molecule has 1 aliphatic heterocycles. The molecule has 0 fully saturated rings. The lowest BCUT2D eigenvalue weighted by atomic mass is 9.89. The molecule has 1 aliphatic carbocycles. The third-order valence-corrected chi connectivity index (χ3v) is 18.9. The maximum absolute atomic E-state index is 13.2. The molecule has 0 aromatic heterocycles. The van der Waals surface area contributed by atoms with Gasteiger partial charge >= 0.3 is 17.6 Å². The number of amides is 1. The van der Waals surface area contributed by atoms with Crippen molar-refractivity contribution in [1.29, 1.82) is 0 Å². The van der Waals surface area contributed by atoms with Crippen LogP contribution in [0.15, 0.2) is 94.2 Å². The number of anilines is 1. The molecule has 0 saturated heterocycles. The van der Waals surface area contributed by atoms with Crippen molar-refractivity contribution < 1.29 is 50.8 Å². The summed E-state index contributed by atoms with van der Waals surface area (Å²) in [6.07, 6.45) is 16.2. The molecule has 388 valence electrons. The minimum atomic E-state index is -4.18. The van der Waals surface area contributed by atoms with Crippen molar-refractivity contribution in [3.8, 4) is 22.5 Å². The lowest BCUT2D eigenvalue weighted by Gasteiger charge is -2.25. The van der Waals surface area contributed by atoms with E-state index in [1.165, 1.54) is 6.07 Å². The van der Waals surface area contributed by atoms with Gasteiger partial charge in [-0.3, -0.25) is 4.79 Å². The number of rotatable bonds is 32. The Labute approximate surface area is 422 Å². The Morgan fingerprint density at radius 3 is 1.75 bits per heavy atom. The third kappa shape index (κ3) is 18.3. The van der Waals surface area contributed by atoms with Gasteiger partial charge in [-0.15, -0.1) is 0 Å². The van der Waals surface area contributed by atoms with E-state index in [2.05, 4.69) is 10.0 Å². The summed E-state index contributed by atoms with van der Waals surface area (Å²) in [5.41, 5.74) is 3.53. The van der Waals surface area contributed by atoms with Crippen LogP contribution in [0.4, 0.5) is 5.69 Å². The fourth-order valence-corrected chi connectivity index (χ4v) is 14.2. The van der Waals surface area contributed by atoms with Gasteiger partial charge < -0.3 is 47.8 Å². The SMILES string of the molecule is CN(C)c1ccc2c(-c3ccc(C(=O)NCCCCCCCCCCC[Si](O)(O)O[Si](O)(O)CCCCCCCCCCCNS(=O)(=O)c4ccccc4)cc3C(=O)[O-])c3ccc(=[N+](C)C)cc-3oc2c1. The minimum Gasteiger partial charge on any atom is -0.545 e. The number of benzene rings is 4. The van der Waals surface area contributed by atoms with Crippen LogP contribution >= 0.6 is 0 Å². The van der Waals surface area contributed by atoms with E-state index in [0.717, 1.165) is 125 Å². The zero-order valence-corrected chi connectivity index (χ0v) is 44.9. The Kier molecular flexibility index (Phi) is 22.4. The molecule has 0 saturated carbocycles. The Bertz CT molecular complexity index is 2640. The molecule has 0 atom stereocenters. The molecule has 1 heterocycles. The molecular weight excluding hydrogens is 957 g/mol. The highest BCUT2D eigenvalue weighted by molar-refractivity contribution is 7.89. The monoisotopic (exact) mass is 1030 g/mol. The molecule has 0 bridgehead atoms. The van der Waals surface area contributed by atoms with Crippen LogP contribution in [0.2, 0.25) is 12.1 Å². The van der Waals surface area contributed by atoms with Crippen molar-refractivity contribution in [3.05, 3.63) is 101 Å². The summed E-state index contributed by atoms with van der Waals surface area (Å²) in [7, 11) is -4.06. The second kappa shape index (κ2) is 27.9. The maximum atomic E-state index is 13.2. The standard InChI is InChI=1S/C53H76N4O11SSi2/c1-56(2)42-29-32-46-49(39-42)67-50-40-43(57(3)4)30-33-47(50)51(46)45-31-28-41(38-48(45)53(59)60)52(58)54-34-22-15-11-7-5-9-13-17-24-36-70(63,64)68-71(65,66)37-25-18-14-10-6-8-12-16-23-35-55-69(61,62)44-26-20-19-21-27-44/h19-21,26-33,38-40,55,63-66H,5-18,22-25,34-37H2,1-4H3,(H-,54,58,59,60). The first-order valence-electron chi connectivity index (χ1n) is 25.3. The van der Waals surface area contributed by atoms with Crippen LogP contribution in [0.3, 0.4) is 0 Å². The van der Waals surface area contributed by atoms with Crippen LogP contribution in [0.1, 0.15) is 136 Å². The number of carbonyl (C=O) groups is 2. The number of carboxylic acids is 1. The van der Waals surface area contributed by atoms with Crippen LogP contribution in [-0.4, -0.2) is 98.4 Å². The number of nitrogens with one attached hydrogen (secondary N) is 2. The molecule has 0 spiro atoms. The maximum Gasteiger partial charge on any atom is 0.488 e. The van der Waals surface area contributed by atoms with E-state index in [4.69, 9.17) is 8.53 Å². The van der Waals surface area contributed by atoms with Crippen LogP contribution in [0.25, 0.3) is 33.4 Å². The van der Waals surface area contributed by atoms with Crippen LogP contribution < -0.4 is 30.0 Å². The molecule has 71 heavy (non-hydrogen) atoms.